The first-order valence-electron chi connectivity index (χ1n) is 8.67. The van der Waals surface area contributed by atoms with E-state index >= 15 is 0 Å². The van der Waals surface area contributed by atoms with Crippen molar-refractivity contribution >= 4 is 0 Å². The van der Waals surface area contributed by atoms with Crippen LogP contribution in [0.15, 0.2) is 48.7 Å². The van der Waals surface area contributed by atoms with Gasteiger partial charge in [-0.2, -0.15) is 0 Å². The zero-order valence-corrected chi connectivity index (χ0v) is 16.0. The summed E-state index contributed by atoms with van der Waals surface area (Å²) in [7, 11) is 2.10. The van der Waals surface area contributed by atoms with Gasteiger partial charge in [0.15, 0.2) is 17.7 Å². The third-order valence-corrected chi connectivity index (χ3v) is 4.38. The van der Waals surface area contributed by atoms with E-state index < -0.39 is 0 Å². The van der Waals surface area contributed by atoms with Crippen LogP contribution in [0.4, 0.5) is 0 Å². The molecule has 0 amide bonds. The fourth-order valence-corrected chi connectivity index (χ4v) is 3.16. The van der Waals surface area contributed by atoms with Crippen molar-refractivity contribution in [3.05, 3.63) is 65.7 Å². The third-order valence-electron chi connectivity index (χ3n) is 4.38. The summed E-state index contributed by atoms with van der Waals surface area (Å²) < 4.78 is 2.20. The van der Waals surface area contributed by atoms with Crippen molar-refractivity contribution in [3.63, 3.8) is 0 Å². The highest BCUT2D eigenvalue weighted by Crippen LogP contribution is 2.26. The molecule has 3 heteroatoms. The van der Waals surface area contributed by atoms with E-state index in [9.17, 15) is 0 Å². The SMILES string of the molecule is Cc1cc(C)nc(-c2ccc(-c3cc[n+](C)c(C(C)(C)C)c3)cc2)n1. The Kier molecular flexibility index (Phi) is 4.42. The average Bonchev–Trinajstić information content (AvgIpc) is 2.53. The zero-order valence-electron chi connectivity index (χ0n) is 16.0. The average molecular weight is 332 g/mol. The molecule has 0 aliphatic rings. The number of aromatic nitrogens is 3. The predicted molar refractivity (Wildman–Crippen MR) is 102 cm³/mol. The van der Waals surface area contributed by atoms with E-state index in [-0.39, 0.29) is 5.41 Å². The highest BCUT2D eigenvalue weighted by atomic mass is 14.9. The maximum absolute atomic E-state index is 4.55. The summed E-state index contributed by atoms with van der Waals surface area (Å²) in [6.45, 7) is 10.7. The van der Waals surface area contributed by atoms with Gasteiger partial charge in [-0.1, -0.05) is 45.0 Å². The van der Waals surface area contributed by atoms with Crippen LogP contribution in [0.3, 0.4) is 0 Å². The fourth-order valence-electron chi connectivity index (χ4n) is 3.16. The summed E-state index contributed by atoms with van der Waals surface area (Å²) >= 11 is 0. The molecule has 0 N–H and O–H groups in total. The molecule has 128 valence electrons. The third kappa shape index (κ3) is 3.76. The summed E-state index contributed by atoms with van der Waals surface area (Å²) in [5.74, 6) is 0.791. The minimum Gasteiger partial charge on any atom is -0.233 e. The van der Waals surface area contributed by atoms with E-state index in [0.29, 0.717) is 0 Å². The van der Waals surface area contributed by atoms with Gasteiger partial charge in [0.25, 0.3) is 0 Å². The molecule has 0 atom stereocenters. The molecule has 3 rings (SSSR count). The molecule has 0 fully saturated rings. The zero-order chi connectivity index (χ0) is 18.2. The molecule has 0 saturated heterocycles. The Hall–Kier alpha value is -2.55. The lowest BCUT2D eigenvalue weighted by molar-refractivity contribution is -0.682. The first-order chi connectivity index (χ1) is 11.7. The van der Waals surface area contributed by atoms with Gasteiger partial charge in [-0.05, 0) is 31.0 Å². The van der Waals surface area contributed by atoms with Gasteiger partial charge in [0.1, 0.15) is 7.05 Å². The molecule has 25 heavy (non-hydrogen) atoms. The van der Waals surface area contributed by atoms with E-state index in [2.05, 4.69) is 84.9 Å². The molecule has 0 bridgehead atoms. The smallest absolute Gasteiger partial charge is 0.187 e. The second kappa shape index (κ2) is 6.40. The maximum Gasteiger partial charge on any atom is 0.187 e. The summed E-state index contributed by atoms with van der Waals surface area (Å²) in [6, 6.07) is 15.0. The van der Waals surface area contributed by atoms with Crippen LogP contribution >= 0.6 is 0 Å². The van der Waals surface area contributed by atoms with Crippen LogP contribution in [0.25, 0.3) is 22.5 Å². The van der Waals surface area contributed by atoms with Crippen molar-refractivity contribution in [2.75, 3.05) is 0 Å². The Labute approximate surface area is 150 Å². The summed E-state index contributed by atoms with van der Waals surface area (Å²) in [5.41, 5.74) is 6.90. The van der Waals surface area contributed by atoms with Crippen molar-refractivity contribution in [1.29, 1.82) is 0 Å². The van der Waals surface area contributed by atoms with Gasteiger partial charge in [0.2, 0.25) is 0 Å². The second-order valence-electron chi connectivity index (χ2n) is 7.71. The van der Waals surface area contributed by atoms with Crippen molar-refractivity contribution in [1.82, 2.24) is 9.97 Å². The molecule has 1 aromatic carbocycles. The van der Waals surface area contributed by atoms with E-state index in [4.69, 9.17) is 0 Å². The number of hydrogen-bond acceptors (Lipinski definition) is 2. The van der Waals surface area contributed by atoms with E-state index in [1.165, 1.54) is 16.8 Å². The Morgan fingerprint density at radius 3 is 1.88 bits per heavy atom. The fraction of sp³-hybridized carbons (Fsp3) is 0.318. The van der Waals surface area contributed by atoms with Crippen LogP contribution in [-0.2, 0) is 12.5 Å². The Balaban J connectivity index is 1.98. The molecule has 2 heterocycles. The number of hydrogen-bond donors (Lipinski definition) is 0. The molecule has 2 aromatic heterocycles. The lowest BCUT2D eigenvalue weighted by atomic mass is 9.89. The molecule has 0 saturated carbocycles. The highest BCUT2D eigenvalue weighted by Gasteiger charge is 2.24. The lowest BCUT2D eigenvalue weighted by Crippen LogP contribution is -2.39. The number of aryl methyl sites for hydroxylation is 3. The van der Waals surface area contributed by atoms with Gasteiger partial charge in [-0.15, -0.1) is 0 Å². The van der Waals surface area contributed by atoms with Crippen LogP contribution in [0.1, 0.15) is 37.9 Å². The molecular formula is C22H26N3+. The van der Waals surface area contributed by atoms with Gasteiger partial charge < -0.3 is 0 Å². The van der Waals surface area contributed by atoms with Gasteiger partial charge in [0.05, 0.1) is 0 Å². The standard InChI is InChI=1S/C22H26N3/c1-15-13-16(2)24-21(23-15)18-9-7-17(8-10-18)19-11-12-25(6)20(14-19)22(3,4)5/h7-14H,1-6H3/q+1. The molecule has 0 radical (unpaired) electrons. The molecule has 3 aromatic rings. The minimum absolute atomic E-state index is 0.109. The summed E-state index contributed by atoms with van der Waals surface area (Å²) in [6.07, 6.45) is 2.14. The topological polar surface area (TPSA) is 29.7 Å². The van der Waals surface area contributed by atoms with E-state index in [1.54, 1.807) is 0 Å². The first kappa shape index (κ1) is 17.3. The number of pyridine rings is 1. The van der Waals surface area contributed by atoms with E-state index in [0.717, 1.165) is 22.8 Å². The van der Waals surface area contributed by atoms with Gasteiger partial charge in [-0.25, -0.2) is 14.5 Å². The second-order valence-corrected chi connectivity index (χ2v) is 7.71. The number of rotatable bonds is 2. The monoisotopic (exact) mass is 332 g/mol. The number of benzene rings is 1. The Morgan fingerprint density at radius 1 is 0.760 bits per heavy atom. The molecule has 0 spiro atoms. The maximum atomic E-state index is 4.55. The predicted octanol–water partition coefficient (Wildman–Crippen LogP) is 4.55. The normalized spacial score (nSPS) is 11.6. The van der Waals surface area contributed by atoms with Gasteiger partial charge in [-0.3, -0.25) is 0 Å². The van der Waals surface area contributed by atoms with Crippen LogP contribution in [0.5, 0.6) is 0 Å². The molecule has 0 unspecified atom stereocenters. The van der Waals surface area contributed by atoms with Gasteiger partial charge in [0, 0.05) is 34.5 Å². The number of nitrogens with zero attached hydrogens (tertiary/aromatic N) is 3. The molecule has 0 aliphatic carbocycles. The van der Waals surface area contributed by atoms with Crippen molar-refractivity contribution in [2.45, 2.75) is 40.0 Å². The van der Waals surface area contributed by atoms with E-state index in [1.807, 2.05) is 19.9 Å². The first-order valence-corrected chi connectivity index (χ1v) is 8.67. The molecular weight excluding hydrogens is 306 g/mol. The quantitative estimate of drug-likeness (QED) is 0.644. The van der Waals surface area contributed by atoms with Crippen LogP contribution < -0.4 is 4.57 Å². The Bertz CT molecular complexity index is 883. The molecule has 3 nitrogen and oxygen atoms in total. The Morgan fingerprint density at radius 2 is 1.32 bits per heavy atom. The minimum atomic E-state index is 0.109. The largest absolute Gasteiger partial charge is 0.233 e. The van der Waals surface area contributed by atoms with Crippen molar-refractivity contribution < 1.29 is 4.57 Å². The molecule has 0 aliphatic heterocycles. The van der Waals surface area contributed by atoms with Crippen LogP contribution in [0, 0.1) is 13.8 Å². The van der Waals surface area contributed by atoms with Gasteiger partial charge >= 0.3 is 0 Å². The van der Waals surface area contributed by atoms with Crippen LogP contribution in [0.2, 0.25) is 0 Å². The summed E-state index contributed by atoms with van der Waals surface area (Å²) in [4.78, 5) is 9.10. The van der Waals surface area contributed by atoms with Crippen molar-refractivity contribution in [3.8, 4) is 22.5 Å². The summed E-state index contributed by atoms with van der Waals surface area (Å²) in [5, 5.41) is 0. The van der Waals surface area contributed by atoms with Crippen molar-refractivity contribution in [2.24, 2.45) is 7.05 Å². The highest BCUT2D eigenvalue weighted by molar-refractivity contribution is 5.67. The lowest BCUT2D eigenvalue weighted by Gasteiger charge is -2.16. The van der Waals surface area contributed by atoms with Crippen LogP contribution in [-0.4, -0.2) is 9.97 Å².